The number of carbonyl (C=O) groups excluding carboxylic acids is 2. The van der Waals surface area contributed by atoms with Crippen LogP contribution >= 0.6 is 0 Å². The van der Waals surface area contributed by atoms with Gasteiger partial charge < -0.3 is 10.4 Å². The molecule has 2 aromatic rings. The van der Waals surface area contributed by atoms with E-state index in [0.29, 0.717) is 17.1 Å². The fourth-order valence-electron chi connectivity index (χ4n) is 2.64. The van der Waals surface area contributed by atoms with Crippen molar-refractivity contribution in [2.75, 3.05) is 4.90 Å². The highest BCUT2D eigenvalue weighted by atomic mass is 16.3. The Morgan fingerprint density at radius 2 is 1.80 bits per heavy atom. The van der Waals surface area contributed by atoms with E-state index in [1.807, 2.05) is 20.8 Å². The predicted octanol–water partition coefficient (Wildman–Crippen LogP) is 2.15. The standard InChI is InChI=1S/C18H20N4O3/c1-18(2,3)16-19-9-12(10-20-16)22-15(24)13(21-17(22)25)8-11-6-4-5-7-14(11)23/h4-7,9-10,13,23H,8H2,1-3H3,(H,21,25). The molecule has 1 fully saturated rings. The average Bonchev–Trinajstić information content (AvgIpc) is 2.83. The van der Waals surface area contributed by atoms with E-state index in [2.05, 4.69) is 15.3 Å². The Hall–Kier alpha value is -2.96. The van der Waals surface area contributed by atoms with E-state index < -0.39 is 12.1 Å². The van der Waals surface area contributed by atoms with Crippen LogP contribution in [0.15, 0.2) is 36.7 Å². The summed E-state index contributed by atoms with van der Waals surface area (Å²) in [5, 5.41) is 12.5. The van der Waals surface area contributed by atoms with Gasteiger partial charge in [-0.1, -0.05) is 39.0 Å². The maximum Gasteiger partial charge on any atom is 0.329 e. The van der Waals surface area contributed by atoms with Crippen molar-refractivity contribution in [3.05, 3.63) is 48.0 Å². The van der Waals surface area contributed by atoms with Gasteiger partial charge in [-0.05, 0) is 11.6 Å². The van der Waals surface area contributed by atoms with Crippen molar-refractivity contribution < 1.29 is 14.7 Å². The molecular formula is C18H20N4O3. The lowest BCUT2D eigenvalue weighted by Gasteiger charge is -2.18. The minimum atomic E-state index is -0.733. The molecule has 1 unspecified atom stereocenters. The number of carbonyl (C=O) groups is 2. The molecule has 1 aliphatic heterocycles. The number of rotatable bonds is 3. The van der Waals surface area contributed by atoms with Crippen LogP contribution in [0.4, 0.5) is 10.5 Å². The van der Waals surface area contributed by atoms with Crippen LogP contribution in [0.3, 0.4) is 0 Å². The SMILES string of the molecule is CC(C)(C)c1ncc(N2C(=O)NC(Cc3ccccc3O)C2=O)cn1. The summed E-state index contributed by atoms with van der Waals surface area (Å²) in [7, 11) is 0. The van der Waals surface area contributed by atoms with E-state index in [1.165, 1.54) is 12.4 Å². The van der Waals surface area contributed by atoms with Gasteiger partial charge in [0.1, 0.15) is 17.6 Å². The molecule has 2 heterocycles. The summed E-state index contributed by atoms with van der Waals surface area (Å²) in [5.74, 6) is 0.343. The molecule has 130 valence electrons. The van der Waals surface area contributed by atoms with Crippen LogP contribution in [-0.2, 0) is 16.6 Å². The number of phenolic OH excluding ortho intramolecular Hbond substituents is 1. The summed E-state index contributed by atoms with van der Waals surface area (Å²) in [6, 6.07) is 5.49. The molecule has 0 saturated carbocycles. The Kier molecular flexibility index (Phi) is 4.16. The molecule has 0 bridgehead atoms. The monoisotopic (exact) mass is 340 g/mol. The summed E-state index contributed by atoms with van der Waals surface area (Å²) in [6.07, 6.45) is 3.18. The number of hydrogen-bond acceptors (Lipinski definition) is 5. The highest BCUT2D eigenvalue weighted by Crippen LogP contribution is 2.24. The fraction of sp³-hybridized carbons (Fsp3) is 0.333. The number of urea groups is 1. The number of nitrogens with one attached hydrogen (secondary N) is 1. The first-order valence-electron chi connectivity index (χ1n) is 8.01. The number of phenols is 1. The fourth-order valence-corrected chi connectivity index (χ4v) is 2.64. The van der Waals surface area contributed by atoms with Crippen molar-refractivity contribution in [1.29, 1.82) is 0 Å². The second kappa shape index (κ2) is 6.16. The summed E-state index contributed by atoms with van der Waals surface area (Å²) in [4.78, 5) is 34.4. The largest absolute Gasteiger partial charge is 0.508 e. The van der Waals surface area contributed by atoms with Crippen molar-refractivity contribution in [3.8, 4) is 5.75 Å². The van der Waals surface area contributed by atoms with Gasteiger partial charge in [-0.2, -0.15) is 0 Å². The number of benzene rings is 1. The molecule has 7 heteroatoms. The lowest BCUT2D eigenvalue weighted by atomic mass is 9.96. The van der Waals surface area contributed by atoms with E-state index in [9.17, 15) is 14.7 Å². The molecular weight excluding hydrogens is 320 g/mol. The molecule has 3 rings (SSSR count). The first-order chi connectivity index (χ1) is 11.8. The number of aromatic hydroxyl groups is 1. The summed E-state index contributed by atoms with van der Waals surface area (Å²) < 4.78 is 0. The highest BCUT2D eigenvalue weighted by molar-refractivity contribution is 6.21. The molecule has 3 amide bonds. The van der Waals surface area contributed by atoms with Gasteiger partial charge in [-0.3, -0.25) is 4.79 Å². The van der Waals surface area contributed by atoms with Gasteiger partial charge in [0.05, 0.1) is 18.1 Å². The molecule has 1 aromatic heterocycles. The van der Waals surface area contributed by atoms with Gasteiger partial charge in [0, 0.05) is 11.8 Å². The van der Waals surface area contributed by atoms with E-state index in [0.717, 1.165) is 4.90 Å². The predicted molar refractivity (Wildman–Crippen MR) is 92.3 cm³/mol. The van der Waals surface area contributed by atoms with Crippen LogP contribution in [0, 0.1) is 0 Å². The number of para-hydroxylation sites is 1. The molecule has 0 radical (unpaired) electrons. The van der Waals surface area contributed by atoms with Crippen LogP contribution in [-0.4, -0.2) is 33.1 Å². The highest BCUT2D eigenvalue weighted by Gasteiger charge is 2.39. The maximum atomic E-state index is 12.6. The molecule has 1 aliphatic rings. The molecule has 1 atom stereocenters. The molecule has 25 heavy (non-hydrogen) atoms. The zero-order valence-corrected chi connectivity index (χ0v) is 14.4. The average molecular weight is 340 g/mol. The lowest BCUT2D eigenvalue weighted by molar-refractivity contribution is -0.118. The number of amides is 3. The van der Waals surface area contributed by atoms with E-state index in [4.69, 9.17) is 0 Å². The maximum absolute atomic E-state index is 12.6. The van der Waals surface area contributed by atoms with Crippen molar-refractivity contribution in [3.63, 3.8) is 0 Å². The molecule has 7 nitrogen and oxygen atoms in total. The second-order valence-electron chi connectivity index (χ2n) is 7.02. The third-order valence-electron chi connectivity index (χ3n) is 4.00. The van der Waals surface area contributed by atoms with Crippen molar-refractivity contribution in [2.24, 2.45) is 0 Å². The van der Waals surface area contributed by atoms with Gasteiger partial charge in [0.2, 0.25) is 0 Å². The number of anilines is 1. The summed E-state index contributed by atoms with van der Waals surface area (Å²) in [5.41, 5.74) is 0.709. The second-order valence-corrected chi connectivity index (χ2v) is 7.02. The van der Waals surface area contributed by atoms with Crippen LogP contribution in [0.2, 0.25) is 0 Å². The molecule has 1 saturated heterocycles. The van der Waals surface area contributed by atoms with Gasteiger partial charge >= 0.3 is 6.03 Å². The minimum Gasteiger partial charge on any atom is -0.508 e. The summed E-state index contributed by atoms with van der Waals surface area (Å²) >= 11 is 0. The van der Waals surface area contributed by atoms with Gasteiger partial charge in [-0.15, -0.1) is 0 Å². The number of nitrogens with zero attached hydrogens (tertiary/aromatic N) is 3. The normalized spacial score (nSPS) is 17.7. The zero-order valence-electron chi connectivity index (χ0n) is 14.4. The molecule has 0 aliphatic carbocycles. The van der Waals surface area contributed by atoms with Gasteiger partial charge in [0.15, 0.2) is 0 Å². The quantitative estimate of drug-likeness (QED) is 0.835. The smallest absolute Gasteiger partial charge is 0.329 e. The van der Waals surface area contributed by atoms with E-state index in [1.54, 1.807) is 24.3 Å². The molecule has 0 spiro atoms. The first kappa shape index (κ1) is 16.9. The van der Waals surface area contributed by atoms with Crippen LogP contribution in [0.1, 0.15) is 32.2 Å². The van der Waals surface area contributed by atoms with Crippen molar-refractivity contribution in [2.45, 2.75) is 38.6 Å². The third-order valence-corrected chi connectivity index (χ3v) is 4.00. The topological polar surface area (TPSA) is 95.4 Å². The molecule has 2 N–H and O–H groups in total. The number of imide groups is 1. The number of aromatic nitrogens is 2. The minimum absolute atomic E-state index is 0.0980. The van der Waals surface area contributed by atoms with Crippen molar-refractivity contribution in [1.82, 2.24) is 15.3 Å². The zero-order chi connectivity index (χ0) is 18.2. The third kappa shape index (κ3) is 3.31. The van der Waals surface area contributed by atoms with Crippen molar-refractivity contribution >= 4 is 17.6 Å². The lowest BCUT2D eigenvalue weighted by Crippen LogP contribution is -2.32. The first-order valence-corrected chi connectivity index (χ1v) is 8.01. The Balaban J connectivity index is 1.81. The summed E-state index contributed by atoms with van der Waals surface area (Å²) in [6.45, 7) is 5.95. The molecule has 1 aromatic carbocycles. The Morgan fingerprint density at radius 3 is 2.40 bits per heavy atom. The van der Waals surface area contributed by atoms with Gasteiger partial charge in [-0.25, -0.2) is 19.7 Å². The van der Waals surface area contributed by atoms with E-state index in [-0.39, 0.29) is 23.5 Å². The van der Waals surface area contributed by atoms with Crippen LogP contribution in [0.5, 0.6) is 5.75 Å². The Labute approximate surface area is 145 Å². The number of hydrogen-bond donors (Lipinski definition) is 2. The Morgan fingerprint density at radius 1 is 1.16 bits per heavy atom. The van der Waals surface area contributed by atoms with Crippen LogP contribution < -0.4 is 10.2 Å². The van der Waals surface area contributed by atoms with Crippen LogP contribution in [0.25, 0.3) is 0 Å². The van der Waals surface area contributed by atoms with Gasteiger partial charge in [0.25, 0.3) is 5.91 Å². The van der Waals surface area contributed by atoms with E-state index >= 15 is 0 Å². The Bertz CT molecular complexity index is 812.